The van der Waals surface area contributed by atoms with Gasteiger partial charge in [-0.05, 0) is 26.0 Å². The van der Waals surface area contributed by atoms with Crippen LogP contribution >= 0.6 is 0 Å². The summed E-state index contributed by atoms with van der Waals surface area (Å²) in [7, 11) is 0. The lowest BCUT2D eigenvalue weighted by atomic mass is 10.3. The topological polar surface area (TPSA) is 59.8 Å². The lowest BCUT2D eigenvalue weighted by Crippen LogP contribution is -2.29. The molecule has 0 saturated heterocycles. The highest BCUT2D eigenvalue weighted by atomic mass is 16.1. The third-order valence-electron chi connectivity index (χ3n) is 2.87. The van der Waals surface area contributed by atoms with Crippen molar-refractivity contribution >= 4 is 0 Å². The Kier molecular flexibility index (Phi) is 4.41. The first-order chi connectivity index (χ1) is 9.16. The third kappa shape index (κ3) is 3.72. The predicted octanol–water partition coefficient (Wildman–Crippen LogP) is 1.04. The third-order valence-corrected chi connectivity index (χ3v) is 2.87. The molecule has 0 amide bonds. The van der Waals surface area contributed by atoms with Crippen LogP contribution in [0.5, 0.6) is 0 Å². The van der Waals surface area contributed by atoms with Crippen LogP contribution in [0.2, 0.25) is 0 Å². The maximum Gasteiger partial charge on any atom is 0.253 e. The molecule has 100 valence electrons. The molecule has 5 heteroatoms. The molecule has 0 aromatic carbocycles. The smallest absolute Gasteiger partial charge is 0.253 e. The number of pyridine rings is 1. The molecule has 2 rings (SSSR count). The summed E-state index contributed by atoms with van der Waals surface area (Å²) in [6.07, 6.45) is 1.77. The van der Waals surface area contributed by atoms with Gasteiger partial charge in [-0.1, -0.05) is 6.07 Å². The molecular weight excluding hydrogens is 240 g/mol. The summed E-state index contributed by atoms with van der Waals surface area (Å²) in [6.45, 7) is 5.71. The summed E-state index contributed by atoms with van der Waals surface area (Å²) >= 11 is 0. The summed E-state index contributed by atoms with van der Waals surface area (Å²) in [5, 5.41) is 3.27. The van der Waals surface area contributed by atoms with E-state index in [0.29, 0.717) is 19.6 Å². The Bertz CT molecular complexity index is 592. The molecule has 1 N–H and O–H groups in total. The normalized spacial score (nSPS) is 10.6. The van der Waals surface area contributed by atoms with Crippen molar-refractivity contribution in [2.45, 2.75) is 26.9 Å². The lowest BCUT2D eigenvalue weighted by molar-refractivity contribution is 0.560. The molecule has 19 heavy (non-hydrogen) atoms. The second kappa shape index (κ2) is 6.24. The zero-order chi connectivity index (χ0) is 13.7. The molecule has 0 unspecified atom stereocenters. The first-order valence-electron chi connectivity index (χ1n) is 6.32. The number of hydrogen-bond acceptors (Lipinski definition) is 4. The molecule has 0 radical (unpaired) electrons. The van der Waals surface area contributed by atoms with Crippen LogP contribution in [0.15, 0.2) is 35.3 Å². The number of aryl methyl sites for hydroxylation is 2. The van der Waals surface area contributed by atoms with Crippen molar-refractivity contribution < 1.29 is 0 Å². The van der Waals surface area contributed by atoms with E-state index in [1.807, 2.05) is 32.0 Å². The predicted molar refractivity (Wildman–Crippen MR) is 73.9 cm³/mol. The van der Waals surface area contributed by atoms with Crippen molar-refractivity contribution in [1.29, 1.82) is 0 Å². The molecule has 5 nitrogen and oxygen atoms in total. The standard InChI is InChI=1S/C14H18N4O/c1-11-9-14(19)18(12(2)17-11)8-7-15-10-13-5-3-4-6-16-13/h3-6,9,15H,7-8,10H2,1-2H3. The van der Waals surface area contributed by atoms with Gasteiger partial charge in [-0.2, -0.15) is 0 Å². The van der Waals surface area contributed by atoms with Crippen molar-refractivity contribution in [3.8, 4) is 0 Å². The van der Waals surface area contributed by atoms with Gasteiger partial charge < -0.3 is 5.32 Å². The van der Waals surface area contributed by atoms with Crippen LogP contribution in [0, 0.1) is 13.8 Å². The number of aromatic nitrogens is 3. The van der Waals surface area contributed by atoms with E-state index in [1.54, 1.807) is 16.8 Å². The van der Waals surface area contributed by atoms with Crippen LogP contribution in [-0.2, 0) is 13.1 Å². The van der Waals surface area contributed by atoms with Crippen molar-refractivity contribution in [3.63, 3.8) is 0 Å². The second-order valence-corrected chi connectivity index (χ2v) is 4.43. The van der Waals surface area contributed by atoms with Gasteiger partial charge in [0, 0.05) is 37.6 Å². The molecular formula is C14H18N4O. The Balaban J connectivity index is 1.88. The Morgan fingerprint density at radius 2 is 2.16 bits per heavy atom. The first-order valence-corrected chi connectivity index (χ1v) is 6.32. The Labute approximate surface area is 112 Å². The molecule has 0 bridgehead atoms. The van der Waals surface area contributed by atoms with Crippen LogP contribution < -0.4 is 10.9 Å². The summed E-state index contributed by atoms with van der Waals surface area (Å²) in [4.78, 5) is 20.3. The largest absolute Gasteiger partial charge is 0.309 e. The molecule has 2 aromatic rings. The molecule has 2 heterocycles. The minimum atomic E-state index is 0.00429. The minimum Gasteiger partial charge on any atom is -0.309 e. The Hall–Kier alpha value is -2.01. The quantitative estimate of drug-likeness (QED) is 0.814. The Morgan fingerprint density at radius 1 is 1.32 bits per heavy atom. The highest BCUT2D eigenvalue weighted by Gasteiger charge is 2.02. The van der Waals surface area contributed by atoms with Gasteiger partial charge in [0.2, 0.25) is 0 Å². The van der Waals surface area contributed by atoms with Crippen LogP contribution in [0.25, 0.3) is 0 Å². The maximum atomic E-state index is 11.8. The highest BCUT2D eigenvalue weighted by Crippen LogP contribution is 1.94. The summed E-state index contributed by atoms with van der Waals surface area (Å²) in [5.74, 6) is 0.754. The highest BCUT2D eigenvalue weighted by molar-refractivity contribution is 5.03. The average molecular weight is 258 g/mol. The van der Waals surface area contributed by atoms with E-state index in [-0.39, 0.29) is 5.56 Å². The van der Waals surface area contributed by atoms with Gasteiger partial charge >= 0.3 is 0 Å². The van der Waals surface area contributed by atoms with Crippen molar-refractivity contribution in [1.82, 2.24) is 19.9 Å². The molecule has 0 atom stereocenters. The van der Waals surface area contributed by atoms with E-state index in [1.165, 1.54) is 0 Å². The molecule has 0 aliphatic carbocycles. The van der Waals surface area contributed by atoms with Gasteiger partial charge in [0.15, 0.2) is 0 Å². The molecule has 0 saturated carbocycles. The number of nitrogens with one attached hydrogen (secondary N) is 1. The van der Waals surface area contributed by atoms with Crippen LogP contribution in [0.4, 0.5) is 0 Å². The molecule has 0 spiro atoms. The zero-order valence-electron chi connectivity index (χ0n) is 11.3. The van der Waals surface area contributed by atoms with Gasteiger partial charge in [-0.3, -0.25) is 14.3 Å². The maximum absolute atomic E-state index is 11.8. The zero-order valence-corrected chi connectivity index (χ0v) is 11.3. The van der Waals surface area contributed by atoms with Crippen molar-refractivity contribution in [3.05, 3.63) is 58.0 Å². The average Bonchev–Trinajstić information content (AvgIpc) is 2.38. The van der Waals surface area contributed by atoms with Crippen LogP contribution in [0.1, 0.15) is 17.2 Å². The number of hydrogen-bond donors (Lipinski definition) is 1. The van der Waals surface area contributed by atoms with Gasteiger partial charge in [0.05, 0.1) is 5.69 Å². The van der Waals surface area contributed by atoms with E-state index in [0.717, 1.165) is 17.2 Å². The minimum absolute atomic E-state index is 0.00429. The van der Waals surface area contributed by atoms with Gasteiger partial charge in [-0.15, -0.1) is 0 Å². The summed E-state index contributed by atoms with van der Waals surface area (Å²) in [6, 6.07) is 7.39. The number of nitrogens with zero attached hydrogens (tertiary/aromatic N) is 3. The van der Waals surface area contributed by atoms with E-state index in [9.17, 15) is 4.79 Å². The number of rotatable bonds is 5. The fourth-order valence-electron chi connectivity index (χ4n) is 1.95. The lowest BCUT2D eigenvalue weighted by Gasteiger charge is -2.10. The van der Waals surface area contributed by atoms with Gasteiger partial charge in [0.25, 0.3) is 5.56 Å². The van der Waals surface area contributed by atoms with Crippen LogP contribution in [0.3, 0.4) is 0 Å². The summed E-state index contributed by atoms with van der Waals surface area (Å²) < 4.78 is 1.68. The van der Waals surface area contributed by atoms with E-state index >= 15 is 0 Å². The van der Waals surface area contributed by atoms with E-state index in [2.05, 4.69) is 15.3 Å². The monoisotopic (exact) mass is 258 g/mol. The SMILES string of the molecule is Cc1cc(=O)n(CCNCc2ccccn2)c(C)n1. The molecule has 0 aliphatic heterocycles. The Morgan fingerprint density at radius 3 is 2.84 bits per heavy atom. The first kappa shape index (κ1) is 13.4. The van der Waals surface area contributed by atoms with Gasteiger partial charge in [0.1, 0.15) is 5.82 Å². The van der Waals surface area contributed by atoms with E-state index in [4.69, 9.17) is 0 Å². The molecule has 0 fully saturated rings. The molecule has 2 aromatic heterocycles. The van der Waals surface area contributed by atoms with Gasteiger partial charge in [-0.25, -0.2) is 4.98 Å². The molecule has 0 aliphatic rings. The van der Waals surface area contributed by atoms with Crippen molar-refractivity contribution in [2.75, 3.05) is 6.54 Å². The second-order valence-electron chi connectivity index (χ2n) is 4.43. The van der Waals surface area contributed by atoms with E-state index < -0.39 is 0 Å². The van der Waals surface area contributed by atoms with Crippen molar-refractivity contribution in [2.24, 2.45) is 0 Å². The summed E-state index contributed by atoms with van der Waals surface area (Å²) in [5.41, 5.74) is 1.76. The fourth-order valence-corrected chi connectivity index (χ4v) is 1.95. The fraction of sp³-hybridized carbons (Fsp3) is 0.357. The van der Waals surface area contributed by atoms with Crippen LogP contribution in [-0.4, -0.2) is 21.1 Å².